The number of rotatable bonds is 3. The number of fused-ring (bicyclic) bond motifs is 1. The number of nitrogens with zero attached hydrogens (tertiary/aromatic N) is 5. The number of thiophene rings is 1. The van der Waals surface area contributed by atoms with Crippen LogP contribution in [-0.4, -0.2) is 56.9 Å². The van der Waals surface area contributed by atoms with Crippen molar-refractivity contribution < 1.29 is 5.11 Å². The predicted octanol–water partition coefficient (Wildman–Crippen LogP) is 2.95. The molecule has 6 nitrogen and oxygen atoms in total. The van der Waals surface area contributed by atoms with Crippen LogP contribution in [0.3, 0.4) is 0 Å². The van der Waals surface area contributed by atoms with Gasteiger partial charge in [0, 0.05) is 36.9 Å². The van der Waals surface area contributed by atoms with Gasteiger partial charge in [-0.15, -0.1) is 16.4 Å². The SMILES string of the molecule is Cc1ccsc1CN1CCC2(CC1)CC(O)CN(c1ccc3nccn3n1)C2. The van der Waals surface area contributed by atoms with E-state index in [9.17, 15) is 5.11 Å². The Morgan fingerprint density at radius 1 is 1.25 bits per heavy atom. The summed E-state index contributed by atoms with van der Waals surface area (Å²) in [6.45, 7) is 7.11. The van der Waals surface area contributed by atoms with Crippen LogP contribution >= 0.6 is 11.3 Å². The highest BCUT2D eigenvalue weighted by Crippen LogP contribution is 2.41. The third-order valence-corrected chi connectivity index (χ3v) is 7.45. The average Bonchev–Trinajstić information content (AvgIpc) is 3.31. The van der Waals surface area contributed by atoms with Crippen LogP contribution in [-0.2, 0) is 6.54 Å². The molecule has 7 heteroatoms. The van der Waals surface area contributed by atoms with Crippen molar-refractivity contribution in [3.05, 3.63) is 46.4 Å². The number of hydrogen-bond donors (Lipinski definition) is 1. The largest absolute Gasteiger partial charge is 0.391 e. The first kappa shape index (κ1) is 18.1. The maximum atomic E-state index is 10.6. The normalized spacial score (nSPS) is 22.9. The van der Waals surface area contributed by atoms with Gasteiger partial charge in [0.15, 0.2) is 5.65 Å². The van der Waals surface area contributed by atoms with Crippen molar-refractivity contribution in [1.29, 1.82) is 0 Å². The van der Waals surface area contributed by atoms with Crippen LogP contribution in [0.4, 0.5) is 5.82 Å². The molecule has 2 aliphatic heterocycles. The number of likely N-dealkylation sites (tertiary alicyclic amines) is 1. The van der Waals surface area contributed by atoms with Crippen LogP contribution in [0.25, 0.3) is 5.65 Å². The summed E-state index contributed by atoms with van der Waals surface area (Å²) in [5.74, 6) is 0.931. The minimum atomic E-state index is -0.292. The quantitative estimate of drug-likeness (QED) is 0.736. The molecule has 0 radical (unpaired) electrons. The van der Waals surface area contributed by atoms with Crippen molar-refractivity contribution >= 4 is 22.8 Å². The average molecular weight is 398 g/mol. The second-order valence-corrected chi connectivity index (χ2v) is 9.46. The van der Waals surface area contributed by atoms with Crippen LogP contribution < -0.4 is 4.90 Å². The van der Waals surface area contributed by atoms with E-state index in [0.717, 1.165) is 56.9 Å². The molecule has 1 atom stereocenters. The van der Waals surface area contributed by atoms with E-state index < -0.39 is 0 Å². The molecule has 2 saturated heterocycles. The van der Waals surface area contributed by atoms with Gasteiger partial charge < -0.3 is 10.0 Å². The van der Waals surface area contributed by atoms with Gasteiger partial charge in [-0.2, -0.15) is 0 Å². The molecular formula is C21H27N5OS. The van der Waals surface area contributed by atoms with E-state index >= 15 is 0 Å². The van der Waals surface area contributed by atoms with Gasteiger partial charge in [0.1, 0.15) is 5.82 Å². The molecule has 0 aliphatic carbocycles. The molecule has 1 unspecified atom stereocenters. The molecule has 148 valence electrons. The number of aliphatic hydroxyl groups excluding tert-OH is 1. The molecule has 5 rings (SSSR count). The number of aryl methyl sites for hydroxylation is 1. The lowest BCUT2D eigenvalue weighted by atomic mass is 9.71. The van der Waals surface area contributed by atoms with E-state index in [2.05, 4.69) is 33.2 Å². The first-order valence-corrected chi connectivity index (χ1v) is 11.0. The molecule has 1 N–H and O–H groups in total. The van der Waals surface area contributed by atoms with E-state index in [-0.39, 0.29) is 11.5 Å². The Labute approximate surface area is 169 Å². The summed E-state index contributed by atoms with van der Waals surface area (Å²) in [7, 11) is 0. The van der Waals surface area contributed by atoms with E-state index in [1.807, 2.05) is 34.2 Å². The minimum Gasteiger partial charge on any atom is -0.391 e. The van der Waals surface area contributed by atoms with Gasteiger partial charge in [-0.05, 0) is 73.8 Å². The molecule has 0 bridgehead atoms. The van der Waals surface area contributed by atoms with Crippen molar-refractivity contribution in [1.82, 2.24) is 19.5 Å². The highest BCUT2D eigenvalue weighted by atomic mass is 32.1. The van der Waals surface area contributed by atoms with Crippen LogP contribution in [0.5, 0.6) is 0 Å². The van der Waals surface area contributed by atoms with Gasteiger partial charge in [0.2, 0.25) is 0 Å². The van der Waals surface area contributed by atoms with Crippen LogP contribution in [0.1, 0.15) is 29.7 Å². The Balaban J connectivity index is 1.29. The van der Waals surface area contributed by atoms with Crippen LogP contribution in [0.15, 0.2) is 36.0 Å². The number of imidazole rings is 1. The highest BCUT2D eigenvalue weighted by Gasteiger charge is 2.42. The maximum Gasteiger partial charge on any atom is 0.153 e. The molecule has 0 aromatic carbocycles. The number of hydrogen-bond acceptors (Lipinski definition) is 6. The monoisotopic (exact) mass is 397 g/mol. The third kappa shape index (κ3) is 3.43. The van der Waals surface area contributed by atoms with E-state index in [1.54, 1.807) is 6.20 Å². The lowest BCUT2D eigenvalue weighted by Gasteiger charge is -2.49. The van der Waals surface area contributed by atoms with Gasteiger partial charge in [-0.25, -0.2) is 9.50 Å². The first-order chi connectivity index (χ1) is 13.6. The summed E-state index contributed by atoms with van der Waals surface area (Å²) in [5, 5.41) is 17.5. The minimum absolute atomic E-state index is 0.185. The zero-order valence-electron chi connectivity index (χ0n) is 16.3. The van der Waals surface area contributed by atoms with E-state index in [0.29, 0.717) is 6.54 Å². The van der Waals surface area contributed by atoms with Gasteiger partial charge in [0.05, 0.1) is 6.10 Å². The van der Waals surface area contributed by atoms with Gasteiger partial charge >= 0.3 is 0 Å². The molecule has 5 heterocycles. The molecule has 0 amide bonds. The second-order valence-electron chi connectivity index (χ2n) is 8.46. The number of anilines is 1. The van der Waals surface area contributed by atoms with Crippen molar-refractivity contribution in [3.8, 4) is 0 Å². The van der Waals surface area contributed by atoms with Gasteiger partial charge in [-0.1, -0.05) is 0 Å². The lowest BCUT2D eigenvalue weighted by molar-refractivity contribution is 0.0246. The third-order valence-electron chi connectivity index (χ3n) is 6.44. The molecule has 3 aromatic heterocycles. The Morgan fingerprint density at radius 3 is 2.89 bits per heavy atom. The molecule has 28 heavy (non-hydrogen) atoms. The standard InChI is InChI=1S/C21H27N5OS/c1-16-4-11-28-18(16)14-24-8-5-21(6-9-24)12-17(27)13-25(15-21)20-3-2-19-22-7-10-26(19)23-20/h2-4,7,10-11,17,27H,5-6,8-9,12-15H2,1H3. The highest BCUT2D eigenvalue weighted by molar-refractivity contribution is 7.10. The summed E-state index contributed by atoms with van der Waals surface area (Å²) in [6, 6.07) is 6.25. The number of β-amino-alcohol motifs (C(OH)–C–C–N with tert-alkyl or cyclic N) is 1. The topological polar surface area (TPSA) is 56.9 Å². The Morgan fingerprint density at radius 2 is 2.11 bits per heavy atom. The molecule has 1 spiro atoms. The second kappa shape index (κ2) is 7.13. The fourth-order valence-electron chi connectivity index (χ4n) is 4.82. The predicted molar refractivity (Wildman–Crippen MR) is 112 cm³/mol. The van der Waals surface area contributed by atoms with Crippen LogP contribution in [0.2, 0.25) is 0 Å². The number of aromatic nitrogens is 3. The van der Waals surface area contributed by atoms with Crippen molar-refractivity contribution in [3.63, 3.8) is 0 Å². The van der Waals surface area contributed by atoms with E-state index in [1.165, 1.54) is 10.4 Å². The Bertz CT molecular complexity index is 959. The summed E-state index contributed by atoms with van der Waals surface area (Å²) in [4.78, 5) is 10.6. The summed E-state index contributed by atoms with van der Waals surface area (Å²) in [6.07, 6.45) is 6.53. The summed E-state index contributed by atoms with van der Waals surface area (Å²) < 4.78 is 1.81. The number of piperidine rings is 2. The maximum absolute atomic E-state index is 10.6. The van der Waals surface area contributed by atoms with Crippen molar-refractivity contribution in [2.45, 2.75) is 38.8 Å². The van der Waals surface area contributed by atoms with E-state index in [4.69, 9.17) is 5.10 Å². The van der Waals surface area contributed by atoms with Gasteiger partial charge in [0.25, 0.3) is 0 Å². The molecule has 0 saturated carbocycles. The Hall–Kier alpha value is -1.96. The fraction of sp³-hybridized carbons (Fsp3) is 0.524. The van der Waals surface area contributed by atoms with Crippen molar-refractivity contribution in [2.24, 2.45) is 5.41 Å². The zero-order chi connectivity index (χ0) is 19.1. The molecule has 2 aliphatic rings. The molecule has 2 fully saturated rings. The fourth-order valence-corrected chi connectivity index (χ4v) is 5.77. The summed E-state index contributed by atoms with van der Waals surface area (Å²) in [5.41, 5.74) is 2.45. The molecule has 3 aromatic rings. The molecular weight excluding hydrogens is 370 g/mol. The van der Waals surface area contributed by atoms with Crippen molar-refractivity contribution in [2.75, 3.05) is 31.1 Å². The van der Waals surface area contributed by atoms with Crippen LogP contribution in [0, 0.1) is 12.3 Å². The Kier molecular flexibility index (Phi) is 4.61. The smallest absolute Gasteiger partial charge is 0.153 e. The lowest BCUT2D eigenvalue weighted by Crippen LogP contribution is -2.54. The summed E-state index contributed by atoms with van der Waals surface area (Å²) >= 11 is 1.86. The number of aliphatic hydroxyl groups is 1. The zero-order valence-corrected chi connectivity index (χ0v) is 17.1. The van der Waals surface area contributed by atoms with Gasteiger partial charge in [-0.3, -0.25) is 4.90 Å². The first-order valence-electron chi connectivity index (χ1n) is 10.1.